The topological polar surface area (TPSA) is 88.7 Å². The third-order valence-electron chi connectivity index (χ3n) is 4.57. The summed E-state index contributed by atoms with van der Waals surface area (Å²) in [5.41, 5.74) is 2.75. The minimum atomic E-state index is -2.85. The highest BCUT2D eigenvalue weighted by Gasteiger charge is 2.28. The molecule has 0 bridgehead atoms. The van der Waals surface area contributed by atoms with Crippen LogP contribution < -0.4 is 9.47 Å². The van der Waals surface area contributed by atoms with E-state index in [1.165, 1.54) is 18.3 Å². The van der Waals surface area contributed by atoms with Gasteiger partial charge in [0.05, 0.1) is 13.2 Å². The Kier molecular flexibility index (Phi) is 5.57. The Morgan fingerprint density at radius 2 is 1.83 bits per heavy atom. The maximum Gasteiger partial charge on any atom is 0.414 e. The van der Waals surface area contributed by atoms with Crippen molar-refractivity contribution in [2.75, 3.05) is 6.61 Å². The summed E-state index contributed by atoms with van der Waals surface area (Å²) in [6.07, 6.45) is 1.07. The second-order valence-corrected chi connectivity index (χ2v) is 6.63. The molecule has 1 aliphatic heterocycles. The maximum atomic E-state index is 12.2. The lowest BCUT2D eigenvalue weighted by Gasteiger charge is -2.22. The highest BCUT2D eigenvalue weighted by molar-refractivity contribution is 5.64. The summed E-state index contributed by atoms with van der Waals surface area (Å²) in [5, 5.41) is 10.8. The highest BCUT2D eigenvalue weighted by Crippen LogP contribution is 2.25. The molecular weight excluding hydrogens is 400 g/mol. The van der Waals surface area contributed by atoms with Crippen molar-refractivity contribution in [3.05, 3.63) is 70.4 Å². The van der Waals surface area contributed by atoms with Crippen molar-refractivity contribution in [3.63, 3.8) is 0 Å². The minimum Gasteiger partial charge on any atom is -0.443 e. The number of nitrogens with zero attached hydrogens (tertiary/aromatic N) is 3. The Morgan fingerprint density at radius 1 is 1.17 bits per heavy atom. The first kappa shape index (κ1) is 19.8. The number of rotatable bonds is 7. The molecule has 0 saturated heterocycles. The van der Waals surface area contributed by atoms with E-state index in [1.807, 2.05) is 24.3 Å². The van der Waals surface area contributed by atoms with Gasteiger partial charge >= 0.3 is 18.4 Å². The SMILES string of the molecule is O=[N+]([O-])c1cn2c(n1)OC[C@@H](OCc1ccc(-c3ccc(OC(F)F)cc3)cc1)C2. The summed E-state index contributed by atoms with van der Waals surface area (Å²) in [4.78, 5) is 14.0. The van der Waals surface area contributed by atoms with Crippen LogP contribution in [0.3, 0.4) is 0 Å². The largest absolute Gasteiger partial charge is 0.443 e. The van der Waals surface area contributed by atoms with Crippen LogP contribution in [0.5, 0.6) is 11.8 Å². The molecule has 0 amide bonds. The zero-order valence-electron chi connectivity index (χ0n) is 15.6. The first-order valence-corrected chi connectivity index (χ1v) is 9.08. The van der Waals surface area contributed by atoms with Crippen LogP contribution >= 0.6 is 0 Å². The zero-order valence-corrected chi connectivity index (χ0v) is 15.6. The van der Waals surface area contributed by atoms with Crippen LogP contribution in [-0.2, 0) is 17.9 Å². The fourth-order valence-corrected chi connectivity index (χ4v) is 3.10. The molecule has 0 unspecified atom stereocenters. The van der Waals surface area contributed by atoms with Crippen LogP contribution in [-0.4, -0.2) is 33.8 Å². The molecule has 30 heavy (non-hydrogen) atoms. The van der Waals surface area contributed by atoms with Crippen molar-refractivity contribution in [2.45, 2.75) is 25.9 Å². The van der Waals surface area contributed by atoms with E-state index in [0.717, 1.165) is 16.7 Å². The van der Waals surface area contributed by atoms with Gasteiger partial charge < -0.3 is 24.3 Å². The molecule has 4 rings (SSSR count). The molecule has 156 valence electrons. The molecule has 0 fully saturated rings. The number of imidazole rings is 1. The van der Waals surface area contributed by atoms with Crippen molar-refractivity contribution in [3.8, 4) is 22.9 Å². The van der Waals surface area contributed by atoms with E-state index in [-0.39, 0.29) is 30.3 Å². The molecule has 1 atom stereocenters. The van der Waals surface area contributed by atoms with E-state index in [0.29, 0.717) is 13.2 Å². The third-order valence-corrected chi connectivity index (χ3v) is 4.57. The quantitative estimate of drug-likeness (QED) is 0.426. The second kappa shape index (κ2) is 8.46. The Labute approximate surface area is 169 Å². The average molecular weight is 417 g/mol. The van der Waals surface area contributed by atoms with Crippen molar-refractivity contribution in [1.29, 1.82) is 0 Å². The fraction of sp³-hybridized carbons (Fsp3) is 0.250. The van der Waals surface area contributed by atoms with Gasteiger partial charge in [-0.25, -0.2) is 0 Å². The Morgan fingerprint density at radius 3 is 2.47 bits per heavy atom. The molecule has 1 aliphatic rings. The molecule has 1 aromatic heterocycles. The monoisotopic (exact) mass is 417 g/mol. The van der Waals surface area contributed by atoms with Gasteiger partial charge in [0.15, 0.2) is 0 Å². The summed E-state index contributed by atoms with van der Waals surface area (Å²) in [6.45, 7) is -1.82. The fourth-order valence-electron chi connectivity index (χ4n) is 3.10. The van der Waals surface area contributed by atoms with Gasteiger partial charge in [-0.2, -0.15) is 8.78 Å². The first-order chi connectivity index (χ1) is 14.5. The van der Waals surface area contributed by atoms with Gasteiger partial charge in [0, 0.05) is 4.98 Å². The number of hydrogen-bond acceptors (Lipinski definition) is 6. The van der Waals surface area contributed by atoms with Crippen molar-refractivity contribution in [2.24, 2.45) is 0 Å². The number of aromatic nitrogens is 2. The molecule has 2 aromatic carbocycles. The predicted molar refractivity (Wildman–Crippen MR) is 101 cm³/mol. The molecule has 0 N–H and O–H groups in total. The van der Waals surface area contributed by atoms with E-state index in [1.54, 1.807) is 16.7 Å². The summed E-state index contributed by atoms with van der Waals surface area (Å²) in [5.74, 6) is -0.144. The van der Waals surface area contributed by atoms with E-state index in [4.69, 9.17) is 9.47 Å². The second-order valence-electron chi connectivity index (χ2n) is 6.63. The van der Waals surface area contributed by atoms with Gasteiger partial charge in [-0.15, -0.1) is 0 Å². The first-order valence-electron chi connectivity index (χ1n) is 9.08. The van der Waals surface area contributed by atoms with Gasteiger partial charge in [0.1, 0.15) is 24.7 Å². The van der Waals surface area contributed by atoms with E-state index >= 15 is 0 Å². The lowest BCUT2D eigenvalue weighted by molar-refractivity contribution is -0.389. The van der Waals surface area contributed by atoms with Crippen LogP contribution in [0.2, 0.25) is 0 Å². The average Bonchev–Trinajstić information content (AvgIpc) is 3.17. The van der Waals surface area contributed by atoms with E-state index in [9.17, 15) is 18.9 Å². The maximum absolute atomic E-state index is 12.2. The van der Waals surface area contributed by atoms with Crippen LogP contribution in [0.1, 0.15) is 5.56 Å². The molecule has 0 aliphatic carbocycles. The zero-order chi connectivity index (χ0) is 21.1. The Hall–Kier alpha value is -3.53. The Bertz CT molecular complexity index is 1020. The summed E-state index contributed by atoms with van der Waals surface area (Å²) in [6, 6.07) is 14.3. The molecule has 0 radical (unpaired) electrons. The van der Waals surface area contributed by atoms with Gasteiger partial charge in [-0.1, -0.05) is 36.4 Å². The normalized spacial score (nSPS) is 15.5. The van der Waals surface area contributed by atoms with Gasteiger partial charge in [0.25, 0.3) is 0 Å². The number of alkyl halides is 2. The number of fused-ring (bicyclic) bond motifs is 1. The summed E-state index contributed by atoms with van der Waals surface area (Å²) < 4.78 is 41.7. The van der Waals surface area contributed by atoms with Gasteiger partial charge in [-0.05, 0) is 33.7 Å². The van der Waals surface area contributed by atoms with E-state index < -0.39 is 11.5 Å². The highest BCUT2D eigenvalue weighted by atomic mass is 19.3. The number of hydrogen-bond donors (Lipinski definition) is 0. The smallest absolute Gasteiger partial charge is 0.414 e. The van der Waals surface area contributed by atoms with Crippen LogP contribution in [0.15, 0.2) is 54.7 Å². The standard InChI is InChI=1S/C20H17F2N3O5/c21-19(22)30-16-7-5-15(6-8-16)14-3-1-13(2-4-14)11-28-17-9-24-10-18(25(26)27)23-20(24)29-12-17/h1-8,10,17,19H,9,11-12H2/t17-/m0/s1. The lowest BCUT2D eigenvalue weighted by Crippen LogP contribution is -2.32. The predicted octanol–water partition coefficient (Wildman–Crippen LogP) is 4.04. The van der Waals surface area contributed by atoms with Crippen LogP contribution in [0.25, 0.3) is 11.1 Å². The lowest BCUT2D eigenvalue weighted by atomic mass is 10.0. The van der Waals surface area contributed by atoms with Crippen LogP contribution in [0, 0.1) is 10.1 Å². The van der Waals surface area contributed by atoms with Gasteiger partial charge in [0.2, 0.25) is 0 Å². The van der Waals surface area contributed by atoms with Crippen LogP contribution in [0.4, 0.5) is 14.6 Å². The minimum absolute atomic E-state index is 0.111. The third kappa shape index (κ3) is 4.54. The number of ether oxygens (including phenoxy) is 3. The van der Waals surface area contributed by atoms with Crippen molar-refractivity contribution in [1.82, 2.24) is 9.55 Å². The van der Waals surface area contributed by atoms with Crippen molar-refractivity contribution < 1.29 is 27.9 Å². The summed E-state index contributed by atoms with van der Waals surface area (Å²) >= 11 is 0. The molecule has 3 aromatic rings. The van der Waals surface area contributed by atoms with Crippen molar-refractivity contribution >= 4 is 5.82 Å². The molecule has 2 heterocycles. The number of benzene rings is 2. The van der Waals surface area contributed by atoms with Gasteiger partial charge in [-0.3, -0.25) is 4.57 Å². The molecule has 10 heteroatoms. The molecular formula is C20H17F2N3O5. The number of halogens is 2. The Balaban J connectivity index is 1.33. The molecule has 8 nitrogen and oxygen atoms in total. The summed E-state index contributed by atoms with van der Waals surface area (Å²) in [7, 11) is 0. The molecule has 0 spiro atoms. The van der Waals surface area contributed by atoms with E-state index in [2.05, 4.69) is 9.72 Å². The number of nitro groups is 1. The molecule has 0 saturated carbocycles.